The summed E-state index contributed by atoms with van der Waals surface area (Å²) >= 11 is 3.39. The summed E-state index contributed by atoms with van der Waals surface area (Å²) in [4.78, 5) is 11.9. The minimum Gasteiger partial charge on any atom is -0.493 e. The van der Waals surface area contributed by atoms with Gasteiger partial charge in [0.1, 0.15) is 12.4 Å². The third-order valence-corrected chi connectivity index (χ3v) is 3.64. The molecule has 0 saturated heterocycles. The number of nitrogens with zero attached hydrogens (tertiary/aromatic N) is 1. The van der Waals surface area contributed by atoms with Gasteiger partial charge in [-0.3, -0.25) is 4.79 Å². The van der Waals surface area contributed by atoms with Crippen LogP contribution < -0.4 is 19.6 Å². The van der Waals surface area contributed by atoms with Crippen molar-refractivity contribution >= 4 is 28.1 Å². The fourth-order valence-electron chi connectivity index (χ4n) is 1.99. The molecule has 6 nitrogen and oxygen atoms in total. The van der Waals surface area contributed by atoms with Crippen molar-refractivity contribution < 1.29 is 19.0 Å². The lowest BCUT2D eigenvalue weighted by molar-refractivity contribution is -0.123. The molecule has 0 spiro atoms. The van der Waals surface area contributed by atoms with Crippen LogP contribution in [0.25, 0.3) is 0 Å². The number of hydrazone groups is 1. The lowest BCUT2D eigenvalue weighted by Crippen LogP contribution is -2.24. The zero-order valence-electron chi connectivity index (χ0n) is 14.3. The third-order valence-electron chi connectivity index (χ3n) is 3.15. The van der Waals surface area contributed by atoms with E-state index in [1.165, 1.54) is 13.3 Å². The van der Waals surface area contributed by atoms with E-state index in [9.17, 15) is 4.79 Å². The Balaban J connectivity index is 1.92. The molecule has 0 bridgehead atoms. The van der Waals surface area contributed by atoms with E-state index in [1.54, 1.807) is 24.3 Å². The van der Waals surface area contributed by atoms with Gasteiger partial charge in [0.05, 0.1) is 13.3 Å². The van der Waals surface area contributed by atoms with Gasteiger partial charge in [-0.25, -0.2) is 5.43 Å². The second-order valence-electron chi connectivity index (χ2n) is 5.01. The van der Waals surface area contributed by atoms with Gasteiger partial charge in [-0.1, -0.05) is 40.7 Å². The monoisotopic (exact) mass is 418 g/mol. The Hall–Kier alpha value is -2.80. The van der Waals surface area contributed by atoms with E-state index in [0.29, 0.717) is 29.4 Å². The highest BCUT2D eigenvalue weighted by atomic mass is 79.9. The molecule has 0 aromatic heterocycles. The first-order valence-corrected chi connectivity index (χ1v) is 8.54. The van der Waals surface area contributed by atoms with Crippen molar-refractivity contribution in [2.24, 2.45) is 5.10 Å². The van der Waals surface area contributed by atoms with Crippen LogP contribution in [0.1, 0.15) is 5.56 Å². The van der Waals surface area contributed by atoms with E-state index in [0.717, 1.165) is 4.47 Å². The maximum Gasteiger partial charge on any atom is 0.277 e. The van der Waals surface area contributed by atoms with E-state index in [2.05, 4.69) is 33.0 Å². The molecular formula is C19H19BrN2O4. The molecule has 0 atom stereocenters. The Morgan fingerprint density at radius 3 is 2.69 bits per heavy atom. The summed E-state index contributed by atoms with van der Waals surface area (Å²) in [5, 5.41) is 3.94. The lowest BCUT2D eigenvalue weighted by atomic mass is 10.2. The molecule has 7 heteroatoms. The summed E-state index contributed by atoms with van der Waals surface area (Å²) in [6.45, 7) is 3.81. The van der Waals surface area contributed by atoms with Crippen LogP contribution in [0, 0.1) is 0 Å². The SMILES string of the molecule is C=CCOc1ccc(Br)cc1C=NNC(=O)COc1ccccc1OC. The molecule has 0 heterocycles. The zero-order valence-corrected chi connectivity index (χ0v) is 15.9. The molecule has 2 aromatic rings. The van der Waals surface area contributed by atoms with Crippen LogP contribution in [0.3, 0.4) is 0 Å². The molecule has 1 N–H and O–H groups in total. The second kappa shape index (κ2) is 10.2. The summed E-state index contributed by atoms with van der Waals surface area (Å²) < 4.78 is 17.0. The number of benzene rings is 2. The lowest BCUT2D eigenvalue weighted by Gasteiger charge is -2.09. The van der Waals surface area contributed by atoms with E-state index in [1.807, 2.05) is 24.3 Å². The summed E-state index contributed by atoms with van der Waals surface area (Å²) in [6, 6.07) is 12.6. The highest BCUT2D eigenvalue weighted by Gasteiger charge is 2.06. The van der Waals surface area contributed by atoms with Gasteiger partial charge in [0.15, 0.2) is 18.1 Å². The standard InChI is InChI=1S/C19H19BrN2O4/c1-3-10-25-16-9-8-15(20)11-14(16)12-21-22-19(23)13-26-18-7-5-4-6-17(18)24-2/h3-9,11-12H,1,10,13H2,2H3,(H,22,23). The Morgan fingerprint density at radius 2 is 1.96 bits per heavy atom. The number of para-hydroxylation sites is 2. The molecule has 26 heavy (non-hydrogen) atoms. The largest absolute Gasteiger partial charge is 0.493 e. The van der Waals surface area contributed by atoms with Crippen molar-refractivity contribution in [3.05, 3.63) is 65.2 Å². The summed E-state index contributed by atoms with van der Waals surface area (Å²) in [6.07, 6.45) is 3.16. The number of hydrogen-bond donors (Lipinski definition) is 1. The van der Waals surface area contributed by atoms with Crippen LogP contribution in [-0.4, -0.2) is 32.4 Å². The molecule has 0 radical (unpaired) electrons. The number of hydrogen-bond acceptors (Lipinski definition) is 5. The normalized spacial score (nSPS) is 10.4. The van der Waals surface area contributed by atoms with Crippen molar-refractivity contribution in [2.45, 2.75) is 0 Å². The van der Waals surface area contributed by atoms with Crippen molar-refractivity contribution in [2.75, 3.05) is 20.3 Å². The van der Waals surface area contributed by atoms with Crippen LogP contribution in [0.15, 0.2) is 64.7 Å². The van der Waals surface area contributed by atoms with Crippen LogP contribution in [0.4, 0.5) is 0 Å². The van der Waals surface area contributed by atoms with Crippen molar-refractivity contribution in [3.63, 3.8) is 0 Å². The van der Waals surface area contributed by atoms with Gasteiger partial charge in [-0.2, -0.15) is 5.10 Å². The second-order valence-corrected chi connectivity index (χ2v) is 5.93. The molecule has 0 aliphatic heterocycles. The van der Waals surface area contributed by atoms with Gasteiger partial charge in [-0.05, 0) is 30.3 Å². The number of methoxy groups -OCH3 is 1. The zero-order chi connectivity index (χ0) is 18.8. The number of halogens is 1. The Labute approximate surface area is 160 Å². The van der Waals surface area contributed by atoms with Crippen molar-refractivity contribution in [1.82, 2.24) is 5.43 Å². The first kappa shape index (κ1) is 19.5. The van der Waals surface area contributed by atoms with Gasteiger partial charge in [-0.15, -0.1) is 0 Å². The van der Waals surface area contributed by atoms with Gasteiger partial charge < -0.3 is 14.2 Å². The molecule has 0 aliphatic carbocycles. The molecule has 0 unspecified atom stereocenters. The van der Waals surface area contributed by atoms with Gasteiger partial charge in [0, 0.05) is 10.0 Å². The molecule has 0 aliphatic rings. The fraction of sp³-hybridized carbons (Fsp3) is 0.158. The van der Waals surface area contributed by atoms with Crippen LogP contribution in [0.2, 0.25) is 0 Å². The number of ether oxygens (including phenoxy) is 3. The minimum absolute atomic E-state index is 0.185. The molecule has 0 fully saturated rings. The van der Waals surface area contributed by atoms with Crippen molar-refractivity contribution in [3.8, 4) is 17.2 Å². The maximum absolute atomic E-state index is 11.9. The molecular weight excluding hydrogens is 400 g/mol. The average Bonchev–Trinajstić information content (AvgIpc) is 2.66. The van der Waals surface area contributed by atoms with Crippen LogP contribution in [-0.2, 0) is 4.79 Å². The molecule has 2 aromatic carbocycles. The number of rotatable bonds is 9. The molecule has 0 saturated carbocycles. The van der Waals surface area contributed by atoms with Gasteiger partial charge in [0.2, 0.25) is 0 Å². The smallest absolute Gasteiger partial charge is 0.277 e. The predicted molar refractivity (Wildman–Crippen MR) is 104 cm³/mol. The van der Waals surface area contributed by atoms with Gasteiger partial charge >= 0.3 is 0 Å². The Morgan fingerprint density at radius 1 is 1.19 bits per heavy atom. The quantitative estimate of drug-likeness (QED) is 0.384. The fourth-order valence-corrected chi connectivity index (χ4v) is 2.37. The van der Waals surface area contributed by atoms with E-state index < -0.39 is 5.91 Å². The molecule has 2 rings (SSSR count). The predicted octanol–water partition coefficient (Wildman–Crippen LogP) is 3.55. The Bertz CT molecular complexity index is 793. The maximum atomic E-state index is 11.9. The van der Waals surface area contributed by atoms with E-state index in [4.69, 9.17) is 14.2 Å². The summed E-state index contributed by atoms with van der Waals surface area (Å²) in [7, 11) is 1.54. The van der Waals surface area contributed by atoms with E-state index in [-0.39, 0.29) is 6.61 Å². The summed E-state index contributed by atoms with van der Waals surface area (Å²) in [5.41, 5.74) is 3.13. The molecule has 1 amide bonds. The first-order chi connectivity index (χ1) is 12.6. The number of carbonyl (C=O) groups is 1. The Kier molecular flexibility index (Phi) is 7.70. The average molecular weight is 419 g/mol. The highest BCUT2D eigenvalue weighted by Crippen LogP contribution is 2.25. The number of carbonyl (C=O) groups excluding carboxylic acids is 1. The summed E-state index contributed by atoms with van der Waals surface area (Å²) in [5.74, 6) is 1.29. The number of nitrogens with one attached hydrogen (secondary N) is 1. The topological polar surface area (TPSA) is 69.2 Å². The van der Waals surface area contributed by atoms with E-state index >= 15 is 0 Å². The minimum atomic E-state index is -0.393. The highest BCUT2D eigenvalue weighted by molar-refractivity contribution is 9.10. The van der Waals surface area contributed by atoms with Crippen LogP contribution in [0.5, 0.6) is 17.2 Å². The third kappa shape index (κ3) is 5.93. The van der Waals surface area contributed by atoms with Crippen LogP contribution >= 0.6 is 15.9 Å². The van der Waals surface area contributed by atoms with Gasteiger partial charge in [0.25, 0.3) is 5.91 Å². The van der Waals surface area contributed by atoms with Crippen molar-refractivity contribution in [1.29, 1.82) is 0 Å². The first-order valence-electron chi connectivity index (χ1n) is 7.75. The number of amides is 1. The molecule has 136 valence electrons.